The van der Waals surface area contributed by atoms with Gasteiger partial charge in [-0.25, -0.2) is 0 Å². The van der Waals surface area contributed by atoms with Crippen LogP contribution >= 0.6 is 12.4 Å². The lowest BCUT2D eigenvalue weighted by Crippen LogP contribution is -2.41. The van der Waals surface area contributed by atoms with Gasteiger partial charge in [-0.1, -0.05) is 30.3 Å². The molecule has 1 aromatic carbocycles. The third kappa shape index (κ3) is 3.56. The number of hydrogen-bond donors (Lipinski definition) is 1. The van der Waals surface area contributed by atoms with E-state index in [0.29, 0.717) is 19.0 Å². The number of benzene rings is 1. The summed E-state index contributed by atoms with van der Waals surface area (Å²) in [5.74, 6) is 0.422. The van der Waals surface area contributed by atoms with Crippen LogP contribution in [0, 0.1) is 11.3 Å². The van der Waals surface area contributed by atoms with E-state index >= 15 is 0 Å². The number of aryl methyl sites for hydroxylation is 1. The van der Waals surface area contributed by atoms with Crippen LogP contribution < -0.4 is 5.32 Å². The first-order valence-corrected chi connectivity index (χ1v) is 9.26. The van der Waals surface area contributed by atoms with Crippen LogP contribution in [-0.2, 0) is 16.6 Å². The summed E-state index contributed by atoms with van der Waals surface area (Å²) in [4.78, 5) is 0. The zero-order valence-electron chi connectivity index (χ0n) is 13.7. The second kappa shape index (κ2) is 7.07. The summed E-state index contributed by atoms with van der Waals surface area (Å²) in [6, 6.07) is 10.5. The van der Waals surface area contributed by atoms with Crippen molar-refractivity contribution in [2.45, 2.75) is 12.8 Å². The van der Waals surface area contributed by atoms with Gasteiger partial charge in [-0.3, -0.25) is 0 Å². The van der Waals surface area contributed by atoms with Crippen LogP contribution in [0.5, 0.6) is 0 Å². The van der Waals surface area contributed by atoms with Gasteiger partial charge in [0.25, 0.3) is 10.2 Å². The topological polar surface area (TPSA) is 52.7 Å². The van der Waals surface area contributed by atoms with Gasteiger partial charge in [0.05, 0.1) is 0 Å². The summed E-state index contributed by atoms with van der Waals surface area (Å²) in [5, 5.41) is 3.47. The lowest BCUT2D eigenvalue weighted by Gasteiger charge is -2.28. The molecule has 0 amide bonds. The molecule has 0 saturated carbocycles. The van der Waals surface area contributed by atoms with Crippen LogP contribution in [0.15, 0.2) is 30.3 Å². The van der Waals surface area contributed by atoms with E-state index in [9.17, 15) is 8.42 Å². The molecule has 2 saturated heterocycles. The van der Waals surface area contributed by atoms with Gasteiger partial charge in [-0.15, -0.1) is 12.4 Å². The van der Waals surface area contributed by atoms with Gasteiger partial charge in [0.1, 0.15) is 0 Å². The molecule has 3 rings (SSSR count). The molecule has 130 valence electrons. The molecule has 0 aliphatic carbocycles. The van der Waals surface area contributed by atoms with Gasteiger partial charge in [-0.05, 0) is 30.9 Å². The van der Waals surface area contributed by atoms with E-state index in [1.807, 2.05) is 6.07 Å². The minimum absolute atomic E-state index is 0. The van der Waals surface area contributed by atoms with Crippen LogP contribution in [0.25, 0.3) is 0 Å². The largest absolute Gasteiger partial charge is 0.316 e. The average molecular weight is 360 g/mol. The number of halogens is 1. The predicted octanol–water partition coefficient (Wildman–Crippen LogP) is 1.37. The first-order chi connectivity index (χ1) is 10.4. The molecule has 2 atom stereocenters. The van der Waals surface area contributed by atoms with E-state index in [0.717, 1.165) is 25.9 Å². The summed E-state index contributed by atoms with van der Waals surface area (Å²) < 4.78 is 27.8. The van der Waals surface area contributed by atoms with Crippen LogP contribution in [0.1, 0.15) is 12.0 Å². The molecule has 2 aliphatic heterocycles. The van der Waals surface area contributed by atoms with Crippen molar-refractivity contribution in [1.82, 2.24) is 13.9 Å². The molecule has 0 bridgehead atoms. The molecular weight excluding hydrogens is 334 g/mol. The molecule has 2 fully saturated rings. The Hall–Kier alpha value is -0.660. The van der Waals surface area contributed by atoms with Crippen molar-refractivity contribution in [3.05, 3.63) is 35.9 Å². The zero-order valence-corrected chi connectivity index (χ0v) is 15.4. The third-order valence-corrected chi connectivity index (χ3v) is 7.04. The van der Waals surface area contributed by atoms with Gasteiger partial charge < -0.3 is 5.32 Å². The van der Waals surface area contributed by atoms with E-state index in [1.54, 1.807) is 18.4 Å². The smallest absolute Gasteiger partial charge is 0.281 e. The number of rotatable bonds is 5. The highest BCUT2D eigenvalue weighted by atomic mass is 35.5. The monoisotopic (exact) mass is 359 g/mol. The molecule has 2 aliphatic rings. The second-order valence-electron chi connectivity index (χ2n) is 6.76. The average Bonchev–Trinajstić information content (AvgIpc) is 3.03. The number of hydrogen-bond acceptors (Lipinski definition) is 3. The van der Waals surface area contributed by atoms with Crippen LogP contribution in [0.3, 0.4) is 0 Å². The van der Waals surface area contributed by atoms with Crippen LogP contribution in [-0.4, -0.2) is 57.3 Å². The summed E-state index contributed by atoms with van der Waals surface area (Å²) in [7, 11) is -0.0819. The molecule has 0 radical (unpaired) electrons. The first-order valence-electron chi connectivity index (χ1n) is 7.86. The molecule has 0 aromatic heterocycles. The van der Waals surface area contributed by atoms with Crippen molar-refractivity contribution in [2.24, 2.45) is 11.3 Å². The van der Waals surface area contributed by atoms with Gasteiger partial charge in [-0.2, -0.15) is 17.0 Å². The molecule has 1 N–H and O–H groups in total. The minimum Gasteiger partial charge on any atom is -0.316 e. The Balaban J connectivity index is 0.00000192. The molecule has 7 heteroatoms. The maximum Gasteiger partial charge on any atom is 0.281 e. The molecule has 2 unspecified atom stereocenters. The van der Waals surface area contributed by atoms with E-state index < -0.39 is 10.2 Å². The number of nitrogens with zero attached hydrogens (tertiary/aromatic N) is 2. The summed E-state index contributed by atoms with van der Waals surface area (Å²) in [6.07, 6.45) is 2.04. The third-order valence-electron chi connectivity index (χ3n) is 5.19. The summed E-state index contributed by atoms with van der Waals surface area (Å²) in [6.45, 7) is 3.12. The van der Waals surface area contributed by atoms with Gasteiger partial charge in [0.15, 0.2) is 0 Å². The zero-order chi connectivity index (χ0) is 15.8. The normalized spacial score (nSPS) is 27.9. The van der Waals surface area contributed by atoms with E-state index in [1.165, 1.54) is 9.87 Å². The molecule has 0 spiro atoms. The second-order valence-corrected chi connectivity index (χ2v) is 8.90. The van der Waals surface area contributed by atoms with Crippen LogP contribution in [0.2, 0.25) is 0 Å². The van der Waals surface area contributed by atoms with Crippen molar-refractivity contribution in [3.8, 4) is 0 Å². The molecule has 2 heterocycles. The van der Waals surface area contributed by atoms with Gasteiger partial charge in [0, 0.05) is 39.1 Å². The maximum absolute atomic E-state index is 12.4. The summed E-state index contributed by atoms with van der Waals surface area (Å²) >= 11 is 0. The Morgan fingerprint density at radius 3 is 2.65 bits per heavy atom. The number of nitrogens with one attached hydrogen (secondary N) is 1. The van der Waals surface area contributed by atoms with E-state index in [-0.39, 0.29) is 17.8 Å². The predicted molar refractivity (Wildman–Crippen MR) is 95.0 cm³/mol. The highest BCUT2D eigenvalue weighted by Gasteiger charge is 2.52. The standard InChI is InChI=1S/C16H25N3O2S.ClH/c1-18(2)22(20,21)19-11-15-10-17-12-16(15,13-19)9-8-14-6-4-3-5-7-14;/h3-7,15,17H,8-13H2,1-2H3;1H. The SMILES string of the molecule is CN(C)S(=O)(=O)N1CC2CNCC2(CCc2ccccc2)C1.Cl. The molecular formula is C16H26ClN3O2S. The molecule has 5 nitrogen and oxygen atoms in total. The van der Waals surface area contributed by atoms with Crippen LogP contribution in [0.4, 0.5) is 0 Å². The van der Waals surface area contributed by atoms with Crippen molar-refractivity contribution in [3.63, 3.8) is 0 Å². The van der Waals surface area contributed by atoms with E-state index in [2.05, 4.69) is 29.6 Å². The fourth-order valence-electron chi connectivity index (χ4n) is 3.78. The fourth-order valence-corrected chi connectivity index (χ4v) is 5.03. The maximum atomic E-state index is 12.4. The Morgan fingerprint density at radius 2 is 2.00 bits per heavy atom. The summed E-state index contributed by atoms with van der Waals surface area (Å²) in [5.41, 5.74) is 1.41. The van der Waals surface area contributed by atoms with Crippen molar-refractivity contribution < 1.29 is 8.42 Å². The highest BCUT2D eigenvalue weighted by Crippen LogP contribution is 2.43. The van der Waals surface area contributed by atoms with Crippen molar-refractivity contribution in [1.29, 1.82) is 0 Å². The quantitative estimate of drug-likeness (QED) is 0.863. The molecule has 1 aromatic rings. The lowest BCUT2D eigenvalue weighted by molar-refractivity contribution is 0.264. The molecule has 23 heavy (non-hydrogen) atoms. The Bertz CT molecular complexity index is 623. The van der Waals surface area contributed by atoms with Gasteiger partial charge >= 0.3 is 0 Å². The first kappa shape index (κ1) is 18.7. The Morgan fingerprint density at radius 1 is 1.30 bits per heavy atom. The Labute approximate surface area is 145 Å². The Kier molecular flexibility index (Phi) is 5.74. The van der Waals surface area contributed by atoms with Crippen molar-refractivity contribution in [2.75, 3.05) is 40.3 Å². The van der Waals surface area contributed by atoms with E-state index in [4.69, 9.17) is 0 Å². The highest BCUT2D eigenvalue weighted by molar-refractivity contribution is 7.86. The van der Waals surface area contributed by atoms with Crippen molar-refractivity contribution >= 4 is 22.6 Å². The lowest BCUT2D eigenvalue weighted by atomic mass is 9.76. The van der Waals surface area contributed by atoms with Gasteiger partial charge in [0.2, 0.25) is 0 Å². The number of fused-ring (bicyclic) bond motifs is 1. The minimum atomic E-state index is -3.30. The fraction of sp³-hybridized carbons (Fsp3) is 0.625.